The van der Waals surface area contributed by atoms with Crippen molar-refractivity contribution in [1.29, 1.82) is 0 Å². The third-order valence-electron chi connectivity index (χ3n) is 5.83. The van der Waals surface area contributed by atoms with Gasteiger partial charge in [0.1, 0.15) is 5.82 Å². The summed E-state index contributed by atoms with van der Waals surface area (Å²) in [5.41, 5.74) is -2.08. The molecular formula is C19H21F6N3O2S. The minimum atomic E-state index is -4.65. The van der Waals surface area contributed by atoms with Crippen LogP contribution in [0.5, 0.6) is 0 Å². The molecule has 0 radical (unpaired) electrons. The average molecular weight is 469 g/mol. The number of sulfone groups is 1. The fourth-order valence-electron chi connectivity index (χ4n) is 3.64. The molecule has 1 aliphatic carbocycles. The molecule has 172 valence electrons. The van der Waals surface area contributed by atoms with Crippen molar-refractivity contribution in [3.05, 3.63) is 41.6 Å². The molecule has 0 aliphatic heterocycles. The minimum Gasteiger partial charge on any atom is -0.370 e. The van der Waals surface area contributed by atoms with Crippen LogP contribution in [-0.4, -0.2) is 29.9 Å². The Morgan fingerprint density at radius 1 is 1.06 bits per heavy atom. The highest BCUT2D eigenvalue weighted by Gasteiger charge is 2.48. The largest absolute Gasteiger partial charge is 0.435 e. The maximum atomic E-state index is 13.0. The Balaban J connectivity index is 1.63. The predicted molar refractivity (Wildman–Crippen MR) is 101 cm³/mol. The van der Waals surface area contributed by atoms with Gasteiger partial charge in [-0.3, -0.25) is 5.10 Å². The van der Waals surface area contributed by atoms with Gasteiger partial charge in [0, 0.05) is 12.6 Å². The van der Waals surface area contributed by atoms with Gasteiger partial charge in [0.05, 0.1) is 15.2 Å². The molecule has 0 atom stereocenters. The van der Waals surface area contributed by atoms with Gasteiger partial charge in [-0.05, 0) is 56.7 Å². The Hall–Kier alpha value is -2.24. The Kier molecular flexibility index (Phi) is 5.83. The Bertz CT molecular complexity index is 1040. The molecule has 1 saturated carbocycles. The molecule has 31 heavy (non-hydrogen) atoms. The van der Waals surface area contributed by atoms with E-state index < -0.39 is 38.2 Å². The van der Waals surface area contributed by atoms with E-state index in [0.717, 1.165) is 24.3 Å². The van der Waals surface area contributed by atoms with Crippen molar-refractivity contribution in [2.45, 2.75) is 48.7 Å². The lowest BCUT2D eigenvalue weighted by Crippen LogP contribution is -2.47. The summed E-state index contributed by atoms with van der Waals surface area (Å²) in [6, 6.07) is 4.53. The zero-order valence-corrected chi connectivity index (χ0v) is 17.4. The van der Waals surface area contributed by atoms with Crippen LogP contribution in [0, 0.1) is 11.8 Å². The number of anilines is 1. The van der Waals surface area contributed by atoms with Crippen LogP contribution in [0.4, 0.5) is 32.2 Å². The number of nitrogens with one attached hydrogen (secondary N) is 2. The van der Waals surface area contributed by atoms with Crippen molar-refractivity contribution in [1.82, 2.24) is 10.2 Å². The molecule has 0 saturated heterocycles. The smallest absolute Gasteiger partial charge is 0.370 e. The highest BCUT2D eigenvalue weighted by molar-refractivity contribution is 7.92. The van der Waals surface area contributed by atoms with E-state index in [1.54, 1.807) is 0 Å². The van der Waals surface area contributed by atoms with Crippen LogP contribution in [0.3, 0.4) is 0 Å². The maximum Gasteiger partial charge on any atom is 0.435 e. The lowest BCUT2D eigenvalue weighted by atomic mass is 9.69. The van der Waals surface area contributed by atoms with Gasteiger partial charge in [0.2, 0.25) is 0 Å². The molecular weight excluding hydrogens is 448 g/mol. The number of alkyl halides is 6. The van der Waals surface area contributed by atoms with Crippen LogP contribution in [-0.2, 0) is 22.2 Å². The summed E-state index contributed by atoms with van der Waals surface area (Å²) < 4.78 is 101. The first-order valence-electron chi connectivity index (χ1n) is 9.40. The second-order valence-corrected chi connectivity index (χ2v) is 10.7. The van der Waals surface area contributed by atoms with Crippen LogP contribution in [0.1, 0.15) is 37.9 Å². The van der Waals surface area contributed by atoms with Gasteiger partial charge in [-0.25, -0.2) is 8.42 Å². The monoisotopic (exact) mass is 469 g/mol. The Labute approximate surface area is 175 Å². The number of rotatable bonds is 6. The van der Waals surface area contributed by atoms with E-state index in [0.29, 0.717) is 25.5 Å². The zero-order chi connectivity index (χ0) is 23.2. The standard InChI is InChI=1S/C19H21F6N3O2S/c1-17(2,31(29,30)14-5-3-4-12(8-14)18(20,21)22)13-6-11(7-13)10-26-16-9-15(27-28-16)19(23,24)25/h3-5,8-9,11,13H,6-7,10H2,1-2H3,(H2,26,27,28)/t11-,13-. The second kappa shape index (κ2) is 7.72. The van der Waals surface area contributed by atoms with E-state index >= 15 is 0 Å². The molecule has 12 heteroatoms. The predicted octanol–water partition coefficient (Wildman–Crippen LogP) is 5.14. The van der Waals surface area contributed by atoms with Gasteiger partial charge < -0.3 is 5.32 Å². The van der Waals surface area contributed by atoms with Crippen LogP contribution in [0.25, 0.3) is 0 Å². The third kappa shape index (κ3) is 4.68. The Morgan fingerprint density at radius 3 is 2.26 bits per heavy atom. The SMILES string of the molecule is CC(C)([C@H]1C[C@H](CNc2cc(C(F)(F)F)n[nH]2)C1)S(=O)(=O)c1cccc(C(F)(F)F)c1. The van der Waals surface area contributed by atoms with Crippen molar-refractivity contribution >= 4 is 15.7 Å². The normalized spacial score (nSPS) is 20.4. The first-order valence-corrected chi connectivity index (χ1v) is 10.9. The van der Waals surface area contributed by atoms with Gasteiger partial charge in [-0.1, -0.05) is 6.07 Å². The van der Waals surface area contributed by atoms with Gasteiger partial charge >= 0.3 is 12.4 Å². The third-order valence-corrected chi connectivity index (χ3v) is 8.43. The number of halogens is 6. The van der Waals surface area contributed by atoms with Crippen molar-refractivity contribution in [2.75, 3.05) is 11.9 Å². The van der Waals surface area contributed by atoms with Crippen LogP contribution in [0.2, 0.25) is 0 Å². The van der Waals surface area contributed by atoms with Crippen molar-refractivity contribution in [3.8, 4) is 0 Å². The highest BCUT2D eigenvalue weighted by atomic mass is 32.2. The summed E-state index contributed by atoms with van der Waals surface area (Å²) in [5.74, 6) is -0.184. The molecule has 1 aliphatic rings. The van der Waals surface area contributed by atoms with E-state index in [-0.39, 0.29) is 22.5 Å². The molecule has 2 N–H and O–H groups in total. The van der Waals surface area contributed by atoms with Crippen molar-refractivity contribution in [3.63, 3.8) is 0 Å². The first kappa shape index (κ1) is 23.4. The Morgan fingerprint density at radius 2 is 1.71 bits per heavy atom. The highest BCUT2D eigenvalue weighted by Crippen LogP contribution is 2.46. The number of aromatic amines is 1. The number of aromatic nitrogens is 2. The average Bonchev–Trinajstić information content (AvgIpc) is 3.09. The maximum absolute atomic E-state index is 13.0. The van der Waals surface area contributed by atoms with Crippen molar-refractivity contribution < 1.29 is 34.8 Å². The summed E-state index contributed by atoms with van der Waals surface area (Å²) in [6.45, 7) is 3.29. The molecule has 0 unspecified atom stereocenters. The van der Waals surface area contributed by atoms with E-state index in [2.05, 4.69) is 15.5 Å². The molecule has 5 nitrogen and oxygen atoms in total. The summed E-state index contributed by atoms with van der Waals surface area (Å²) in [4.78, 5) is -0.383. The second-order valence-electron chi connectivity index (χ2n) is 8.21. The molecule has 0 spiro atoms. The van der Waals surface area contributed by atoms with E-state index in [4.69, 9.17) is 0 Å². The summed E-state index contributed by atoms with van der Waals surface area (Å²) in [7, 11) is -4.05. The van der Waals surface area contributed by atoms with E-state index in [9.17, 15) is 34.8 Å². The van der Waals surface area contributed by atoms with Gasteiger partial charge in [-0.2, -0.15) is 31.4 Å². The molecule has 1 fully saturated rings. The van der Waals surface area contributed by atoms with Crippen LogP contribution in [0.15, 0.2) is 35.2 Å². The minimum absolute atomic E-state index is 0.0126. The lowest BCUT2D eigenvalue weighted by Gasteiger charge is -2.45. The van der Waals surface area contributed by atoms with E-state index in [1.165, 1.54) is 13.8 Å². The van der Waals surface area contributed by atoms with Gasteiger partial charge in [0.15, 0.2) is 15.5 Å². The summed E-state index contributed by atoms with van der Waals surface area (Å²) >= 11 is 0. The van der Waals surface area contributed by atoms with Gasteiger partial charge in [-0.15, -0.1) is 0 Å². The number of benzene rings is 1. The molecule has 0 bridgehead atoms. The van der Waals surface area contributed by atoms with E-state index in [1.807, 2.05) is 0 Å². The fraction of sp³-hybridized carbons (Fsp3) is 0.526. The van der Waals surface area contributed by atoms with Gasteiger partial charge in [0.25, 0.3) is 0 Å². The number of H-pyrrole nitrogens is 1. The first-order chi connectivity index (χ1) is 14.1. The molecule has 0 amide bonds. The number of hydrogen-bond acceptors (Lipinski definition) is 4. The quantitative estimate of drug-likeness (QED) is 0.575. The fourth-order valence-corrected chi connectivity index (χ4v) is 5.42. The van der Waals surface area contributed by atoms with Crippen molar-refractivity contribution in [2.24, 2.45) is 11.8 Å². The lowest BCUT2D eigenvalue weighted by molar-refractivity contribution is -0.141. The number of nitrogens with zero attached hydrogens (tertiary/aromatic N) is 1. The zero-order valence-electron chi connectivity index (χ0n) is 16.6. The molecule has 1 aromatic heterocycles. The molecule has 2 aromatic rings. The van der Waals surface area contributed by atoms with Crippen LogP contribution >= 0.6 is 0 Å². The number of hydrogen-bond donors (Lipinski definition) is 2. The topological polar surface area (TPSA) is 74.8 Å². The summed E-state index contributed by atoms with van der Waals surface area (Å²) in [5, 5.41) is 8.25. The molecule has 1 heterocycles. The molecule has 3 rings (SSSR count). The molecule has 1 aromatic carbocycles. The summed E-state index contributed by atoms with van der Waals surface area (Å²) in [6.07, 6.45) is -8.27. The van der Waals surface area contributed by atoms with Crippen LogP contribution < -0.4 is 5.32 Å².